The van der Waals surface area contributed by atoms with Crippen LogP contribution < -0.4 is 10.3 Å². The molecule has 5 nitrogen and oxygen atoms in total. The predicted molar refractivity (Wildman–Crippen MR) is 112 cm³/mol. The van der Waals surface area contributed by atoms with Crippen molar-refractivity contribution in [2.75, 3.05) is 19.7 Å². The number of nitrogens with zero attached hydrogens (tertiary/aromatic N) is 3. The van der Waals surface area contributed by atoms with Crippen LogP contribution in [0.15, 0.2) is 29.1 Å². The van der Waals surface area contributed by atoms with Crippen LogP contribution in [0.3, 0.4) is 0 Å². The van der Waals surface area contributed by atoms with E-state index in [1.54, 1.807) is 10.7 Å². The molecule has 2 aliphatic rings. The van der Waals surface area contributed by atoms with E-state index in [1.807, 2.05) is 19.9 Å². The van der Waals surface area contributed by atoms with Crippen molar-refractivity contribution in [3.8, 4) is 17.0 Å². The summed E-state index contributed by atoms with van der Waals surface area (Å²) in [6.45, 7) is 9.41. The van der Waals surface area contributed by atoms with E-state index in [0.29, 0.717) is 0 Å². The van der Waals surface area contributed by atoms with Crippen LogP contribution in [-0.2, 0) is 12.8 Å². The second-order valence-electron chi connectivity index (χ2n) is 8.44. The van der Waals surface area contributed by atoms with Gasteiger partial charge < -0.3 is 9.64 Å². The van der Waals surface area contributed by atoms with Gasteiger partial charge >= 0.3 is 0 Å². The van der Waals surface area contributed by atoms with E-state index in [9.17, 15) is 4.79 Å². The summed E-state index contributed by atoms with van der Waals surface area (Å²) in [5, 5.41) is 4.67. The van der Waals surface area contributed by atoms with Crippen LogP contribution in [0.1, 0.15) is 57.2 Å². The van der Waals surface area contributed by atoms with Crippen molar-refractivity contribution in [3.63, 3.8) is 0 Å². The lowest BCUT2D eigenvalue weighted by atomic mass is 9.89. The molecule has 1 saturated heterocycles. The van der Waals surface area contributed by atoms with Crippen molar-refractivity contribution < 1.29 is 4.74 Å². The highest BCUT2D eigenvalue weighted by atomic mass is 16.5. The number of benzene rings is 1. The van der Waals surface area contributed by atoms with Crippen LogP contribution in [0.5, 0.6) is 5.75 Å². The Morgan fingerprint density at radius 2 is 2.04 bits per heavy atom. The number of likely N-dealkylation sites (tertiary alicyclic amines) is 1. The van der Waals surface area contributed by atoms with E-state index in [4.69, 9.17) is 4.74 Å². The van der Waals surface area contributed by atoms with Crippen LogP contribution in [-0.4, -0.2) is 40.4 Å². The topological polar surface area (TPSA) is 47.4 Å². The van der Waals surface area contributed by atoms with E-state index >= 15 is 0 Å². The Kier molecular flexibility index (Phi) is 5.54. The summed E-state index contributed by atoms with van der Waals surface area (Å²) in [6, 6.07) is 8.84. The number of fused-ring (bicyclic) bond motifs is 3. The summed E-state index contributed by atoms with van der Waals surface area (Å²) >= 11 is 0. The zero-order chi connectivity index (χ0) is 19.7. The molecule has 2 heterocycles. The molecule has 0 N–H and O–H groups in total. The molecule has 5 heteroatoms. The second kappa shape index (κ2) is 8.08. The molecular formula is C23H31N3O2. The molecule has 2 aromatic rings. The molecule has 1 aliphatic carbocycles. The largest absolute Gasteiger partial charge is 0.494 e. The molecule has 0 spiro atoms. The number of aromatic nitrogens is 2. The summed E-state index contributed by atoms with van der Waals surface area (Å²) in [5.74, 6) is 0.939. The third kappa shape index (κ3) is 3.86. The normalized spacial score (nSPS) is 18.9. The van der Waals surface area contributed by atoms with E-state index < -0.39 is 0 Å². The van der Waals surface area contributed by atoms with Gasteiger partial charge in [0.15, 0.2) is 0 Å². The van der Waals surface area contributed by atoms with Gasteiger partial charge in [-0.15, -0.1) is 0 Å². The molecule has 1 fully saturated rings. The van der Waals surface area contributed by atoms with Crippen LogP contribution in [0.4, 0.5) is 0 Å². The fraction of sp³-hybridized carbons (Fsp3) is 0.565. The minimum Gasteiger partial charge on any atom is -0.494 e. The Morgan fingerprint density at radius 1 is 1.21 bits per heavy atom. The Hall–Kier alpha value is -2.14. The highest BCUT2D eigenvalue weighted by Crippen LogP contribution is 2.33. The zero-order valence-electron chi connectivity index (χ0n) is 17.3. The number of rotatable bonds is 6. The van der Waals surface area contributed by atoms with Crippen LogP contribution in [0.25, 0.3) is 11.3 Å². The van der Waals surface area contributed by atoms with Gasteiger partial charge in [-0.1, -0.05) is 0 Å². The predicted octanol–water partition coefficient (Wildman–Crippen LogP) is 3.84. The first kappa shape index (κ1) is 19.2. The number of hydrogen-bond donors (Lipinski definition) is 0. The minimum atomic E-state index is -0.00975. The summed E-state index contributed by atoms with van der Waals surface area (Å²) in [4.78, 5) is 14.8. The molecule has 28 heavy (non-hydrogen) atoms. The molecule has 0 bridgehead atoms. The Morgan fingerprint density at radius 3 is 2.79 bits per heavy atom. The van der Waals surface area contributed by atoms with Crippen LogP contribution in [0.2, 0.25) is 0 Å². The number of ether oxygens (including phenoxy) is 1. The van der Waals surface area contributed by atoms with Crippen molar-refractivity contribution in [1.29, 1.82) is 0 Å². The first-order chi connectivity index (χ1) is 13.5. The van der Waals surface area contributed by atoms with Crippen molar-refractivity contribution in [2.24, 2.45) is 0 Å². The van der Waals surface area contributed by atoms with Gasteiger partial charge in [-0.3, -0.25) is 4.79 Å². The lowest BCUT2D eigenvalue weighted by Gasteiger charge is -2.22. The van der Waals surface area contributed by atoms with Gasteiger partial charge in [0.2, 0.25) is 0 Å². The Balaban J connectivity index is 1.44. The monoisotopic (exact) mass is 381 g/mol. The maximum atomic E-state index is 12.2. The second-order valence-corrected chi connectivity index (χ2v) is 8.44. The van der Waals surface area contributed by atoms with E-state index in [1.165, 1.54) is 24.9 Å². The summed E-state index contributed by atoms with van der Waals surface area (Å²) in [5.41, 5.74) is 4.39. The molecule has 0 saturated carbocycles. The lowest BCUT2D eigenvalue weighted by Crippen LogP contribution is -2.28. The molecular weight excluding hydrogens is 350 g/mol. The average Bonchev–Trinajstić information content (AvgIpc) is 3.09. The maximum absolute atomic E-state index is 12.2. The number of hydrogen-bond acceptors (Lipinski definition) is 4. The first-order valence-electron chi connectivity index (χ1n) is 10.7. The summed E-state index contributed by atoms with van der Waals surface area (Å²) < 4.78 is 7.61. The molecule has 150 valence electrons. The molecule has 1 atom stereocenters. The van der Waals surface area contributed by atoms with Gasteiger partial charge in [-0.05, 0) is 88.7 Å². The highest BCUT2D eigenvalue weighted by molar-refractivity contribution is 5.70. The molecule has 1 aliphatic heterocycles. The van der Waals surface area contributed by atoms with E-state index in [0.717, 1.165) is 61.0 Å². The van der Waals surface area contributed by atoms with Crippen molar-refractivity contribution in [2.45, 2.75) is 65.0 Å². The van der Waals surface area contributed by atoms with Crippen LogP contribution >= 0.6 is 0 Å². The molecule has 1 aromatic heterocycles. The Bertz CT molecular complexity index is 903. The van der Waals surface area contributed by atoms with Gasteiger partial charge in [0.25, 0.3) is 5.56 Å². The molecule has 0 unspecified atom stereocenters. The number of aryl methyl sites for hydroxylation is 2. The van der Waals surface area contributed by atoms with Crippen LogP contribution in [0, 0.1) is 0 Å². The van der Waals surface area contributed by atoms with Crippen molar-refractivity contribution in [3.05, 3.63) is 45.7 Å². The standard InChI is InChI=1S/C23H31N3O2/c1-16(2)26-22(27)15-19-8-7-18-14-20(9-10-21(18)23(19)24-26)28-13-5-12-25-11-4-6-17(25)3/h9-10,14-17H,4-8,11-13H2,1-3H3/t17-/m1/s1. The van der Waals surface area contributed by atoms with Gasteiger partial charge in [0.05, 0.1) is 18.3 Å². The summed E-state index contributed by atoms with van der Waals surface area (Å²) in [6.07, 6.45) is 5.50. The maximum Gasteiger partial charge on any atom is 0.267 e. The zero-order valence-corrected chi connectivity index (χ0v) is 17.3. The average molecular weight is 382 g/mol. The Labute approximate surface area is 167 Å². The van der Waals surface area contributed by atoms with Gasteiger partial charge in [0, 0.05) is 24.2 Å². The summed E-state index contributed by atoms with van der Waals surface area (Å²) in [7, 11) is 0. The van der Waals surface area contributed by atoms with Crippen molar-refractivity contribution >= 4 is 0 Å². The highest BCUT2D eigenvalue weighted by Gasteiger charge is 2.21. The third-order valence-corrected chi connectivity index (χ3v) is 6.07. The molecule has 4 rings (SSSR count). The van der Waals surface area contributed by atoms with E-state index in [2.05, 4.69) is 29.1 Å². The first-order valence-corrected chi connectivity index (χ1v) is 10.7. The lowest BCUT2D eigenvalue weighted by molar-refractivity contribution is 0.230. The SMILES string of the molecule is CC(C)n1nc2c(cc1=O)CCc1cc(OCCCN3CCC[C@H]3C)ccc1-2. The molecule has 0 radical (unpaired) electrons. The molecule has 1 aromatic carbocycles. The fourth-order valence-electron chi connectivity index (χ4n) is 4.44. The minimum absolute atomic E-state index is 0.00975. The van der Waals surface area contributed by atoms with Crippen molar-refractivity contribution in [1.82, 2.24) is 14.7 Å². The fourth-order valence-corrected chi connectivity index (χ4v) is 4.44. The molecule has 0 amide bonds. The quantitative estimate of drug-likeness (QED) is 0.713. The van der Waals surface area contributed by atoms with E-state index in [-0.39, 0.29) is 11.6 Å². The smallest absolute Gasteiger partial charge is 0.267 e. The van der Waals surface area contributed by atoms with Gasteiger partial charge in [-0.25, -0.2) is 4.68 Å². The third-order valence-electron chi connectivity index (χ3n) is 6.07. The van der Waals surface area contributed by atoms with Gasteiger partial charge in [0.1, 0.15) is 5.75 Å². The van der Waals surface area contributed by atoms with Gasteiger partial charge in [-0.2, -0.15) is 5.10 Å².